The lowest BCUT2D eigenvalue weighted by Crippen LogP contribution is -2.35. The summed E-state index contributed by atoms with van der Waals surface area (Å²) in [5, 5.41) is 17.6. The van der Waals surface area contributed by atoms with Crippen LogP contribution in [-0.2, 0) is 4.74 Å². The Morgan fingerprint density at radius 1 is 1.88 bits per heavy atom. The van der Waals surface area contributed by atoms with Crippen molar-refractivity contribution < 1.29 is 14.9 Å². The number of aliphatic hydroxyl groups excluding tert-OH is 1. The molecular formula is C5H10O3. The largest absolute Gasteiger partial charge is 0.393 e. The summed E-state index contributed by atoms with van der Waals surface area (Å²) in [4.78, 5) is 0. The molecule has 8 heavy (non-hydrogen) atoms. The van der Waals surface area contributed by atoms with Crippen LogP contribution >= 0.6 is 0 Å². The molecule has 1 rings (SSSR count). The summed E-state index contributed by atoms with van der Waals surface area (Å²) in [5.41, 5.74) is -1.01. The predicted molar refractivity (Wildman–Crippen MR) is 27.4 cm³/mol. The van der Waals surface area contributed by atoms with E-state index in [-0.39, 0.29) is 12.7 Å². The lowest BCUT2D eigenvalue weighted by Gasteiger charge is -2.15. The SMILES string of the molecule is C[C@](O)(CO)[C@@H]1CO1. The number of hydrogen-bond acceptors (Lipinski definition) is 3. The van der Waals surface area contributed by atoms with Gasteiger partial charge in [0, 0.05) is 0 Å². The first-order valence-corrected chi connectivity index (χ1v) is 2.61. The molecule has 3 nitrogen and oxygen atoms in total. The molecule has 1 aliphatic heterocycles. The van der Waals surface area contributed by atoms with E-state index in [1.807, 2.05) is 0 Å². The number of aliphatic hydroxyl groups is 2. The van der Waals surface area contributed by atoms with Crippen LogP contribution in [0.25, 0.3) is 0 Å². The summed E-state index contributed by atoms with van der Waals surface area (Å²) >= 11 is 0. The van der Waals surface area contributed by atoms with Crippen molar-refractivity contribution in [3.63, 3.8) is 0 Å². The van der Waals surface area contributed by atoms with Crippen molar-refractivity contribution in [1.82, 2.24) is 0 Å². The highest BCUT2D eigenvalue weighted by Gasteiger charge is 2.41. The summed E-state index contributed by atoms with van der Waals surface area (Å²) in [7, 11) is 0. The molecule has 0 radical (unpaired) electrons. The molecule has 2 N–H and O–H groups in total. The Kier molecular flexibility index (Phi) is 1.27. The minimum absolute atomic E-state index is 0.132. The molecule has 0 saturated carbocycles. The highest BCUT2D eigenvalue weighted by Crippen LogP contribution is 2.22. The van der Waals surface area contributed by atoms with Gasteiger partial charge in [0.05, 0.1) is 13.2 Å². The maximum atomic E-state index is 9.09. The van der Waals surface area contributed by atoms with Crippen LogP contribution in [0, 0.1) is 0 Å². The van der Waals surface area contributed by atoms with Gasteiger partial charge in [-0.05, 0) is 6.92 Å². The lowest BCUT2D eigenvalue weighted by molar-refractivity contribution is -0.0200. The van der Waals surface area contributed by atoms with Crippen molar-refractivity contribution in [1.29, 1.82) is 0 Å². The molecule has 3 heteroatoms. The fraction of sp³-hybridized carbons (Fsp3) is 1.00. The van der Waals surface area contributed by atoms with Gasteiger partial charge in [0.25, 0.3) is 0 Å². The third-order valence-corrected chi connectivity index (χ3v) is 1.35. The van der Waals surface area contributed by atoms with E-state index in [2.05, 4.69) is 0 Å². The molecule has 0 bridgehead atoms. The van der Waals surface area contributed by atoms with Gasteiger partial charge in [0.2, 0.25) is 0 Å². The van der Waals surface area contributed by atoms with E-state index in [0.29, 0.717) is 6.61 Å². The van der Waals surface area contributed by atoms with Crippen LogP contribution in [0.1, 0.15) is 6.92 Å². The molecular weight excluding hydrogens is 108 g/mol. The highest BCUT2D eigenvalue weighted by atomic mass is 16.6. The van der Waals surface area contributed by atoms with E-state index < -0.39 is 5.60 Å². The van der Waals surface area contributed by atoms with E-state index in [1.165, 1.54) is 0 Å². The summed E-state index contributed by atoms with van der Waals surface area (Å²) in [6.45, 7) is 1.91. The average Bonchev–Trinajstić information content (AvgIpc) is 2.44. The minimum Gasteiger partial charge on any atom is -0.393 e. The average molecular weight is 118 g/mol. The van der Waals surface area contributed by atoms with Gasteiger partial charge in [-0.1, -0.05) is 0 Å². The zero-order valence-electron chi connectivity index (χ0n) is 4.79. The Bertz CT molecular complexity index is 85.7. The number of rotatable bonds is 2. The van der Waals surface area contributed by atoms with Gasteiger partial charge >= 0.3 is 0 Å². The summed E-state index contributed by atoms with van der Waals surface area (Å²) in [5.74, 6) is 0. The quantitative estimate of drug-likeness (QED) is 0.463. The molecule has 1 aliphatic rings. The summed E-state index contributed by atoms with van der Waals surface area (Å²) < 4.78 is 4.75. The van der Waals surface area contributed by atoms with Crippen LogP contribution in [0.3, 0.4) is 0 Å². The first-order chi connectivity index (χ1) is 3.67. The third-order valence-electron chi connectivity index (χ3n) is 1.35. The second-order valence-electron chi connectivity index (χ2n) is 2.34. The Balaban J connectivity index is 2.37. The standard InChI is InChI=1S/C5H10O3/c1-5(7,3-6)4-2-8-4/h4,6-7H,2-3H2,1H3/t4-,5-/m0/s1. The molecule has 48 valence electrons. The monoisotopic (exact) mass is 118 g/mol. The van der Waals surface area contributed by atoms with Gasteiger partial charge in [0.1, 0.15) is 11.7 Å². The second kappa shape index (κ2) is 1.69. The minimum atomic E-state index is -1.01. The van der Waals surface area contributed by atoms with Crippen molar-refractivity contribution in [2.75, 3.05) is 13.2 Å². The fourth-order valence-corrected chi connectivity index (χ4v) is 0.509. The molecule has 0 aliphatic carbocycles. The molecule has 0 aromatic heterocycles. The number of hydrogen-bond donors (Lipinski definition) is 2. The van der Waals surface area contributed by atoms with Crippen LogP contribution in [0.5, 0.6) is 0 Å². The Morgan fingerprint density at radius 2 is 2.38 bits per heavy atom. The second-order valence-corrected chi connectivity index (χ2v) is 2.34. The Hall–Kier alpha value is -0.120. The molecule has 1 fully saturated rings. The lowest BCUT2D eigenvalue weighted by atomic mass is 10.1. The fourth-order valence-electron chi connectivity index (χ4n) is 0.509. The normalized spacial score (nSPS) is 34.1. The van der Waals surface area contributed by atoms with Gasteiger partial charge in [-0.25, -0.2) is 0 Å². The Labute approximate surface area is 47.9 Å². The molecule has 0 amide bonds. The third kappa shape index (κ3) is 0.992. The van der Waals surface area contributed by atoms with Crippen LogP contribution < -0.4 is 0 Å². The first-order valence-electron chi connectivity index (χ1n) is 2.61. The van der Waals surface area contributed by atoms with E-state index in [1.54, 1.807) is 6.92 Å². The van der Waals surface area contributed by atoms with E-state index in [4.69, 9.17) is 14.9 Å². The smallest absolute Gasteiger partial charge is 0.113 e. The Morgan fingerprint density at radius 3 is 2.50 bits per heavy atom. The van der Waals surface area contributed by atoms with Crippen molar-refractivity contribution in [3.8, 4) is 0 Å². The van der Waals surface area contributed by atoms with Gasteiger partial charge in [0.15, 0.2) is 0 Å². The molecule has 0 aromatic rings. The molecule has 0 aromatic carbocycles. The maximum Gasteiger partial charge on any atom is 0.113 e. The zero-order valence-corrected chi connectivity index (χ0v) is 4.79. The topological polar surface area (TPSA) is 53.0 Å². The van der Waals surface area contributed by atoms with Gasteiger partial charge in [-0.3, -0.25) is 0 Å². The number of ether oxygens (including phenoxy) is 1. The van der Waals surface area contributed by atoms with Crippen molar-refractivity contribution in [3.05, 3.63) is 0 Å². The van der Waals surface area contributed by atoms with E-state index in [0.717, 1.165) is 0 Å². The van der Waals surface area contributed by atoms with Crippen molar-refractivity contribution in [2.45, 2.75) is 18.6 Å². The van der Waals surface area contributed by atoms with E-state index in [9.17, 15) is 0 Å². The molecule has 0 spiro atoms. The molecule has 0 unspecified atom stereocenters. The molecule has 1 heterocycles. The van der Waals surface area contributed by atoms with Crippen LogP contribution in [0.4, 0.5) is 0 Å². The predicted octanol–water partition coefficient (Wildman–Crippen LogP) is -0.872. The van der Waals surface area contributed by atoms with E-state index >= 15 is 0 Å². The van der Waals surface area contributed by atoms with Crippen molar-refractivity contribution >= 4 is 0 Å². The van der Waals surface area contributed by atoms with Crippen molar-refractivity contribution in [2.24, 2.45) is 0 Å². The van der Waals surface area contributed by atoms with Gasteiger partial charge in [-0.2, -0.15) is 0 Å². The van der Waals surface area contributed by atoms with Gasteiger partial charge in [-0.15, -0.1) is 0 Å². The van der Waals surface area contributed by atoms with Crippen LogP contribution in [0.2, 0.25) is 0 Å². The highest BCUT2D eigenvalue weighted by molar-refractivity contribution is 4.89. The first kappa shape index (κ1) is 6.01. The van der Waals surface area contributed by atoms with Crippen LogP contribution in [-0.4, -0.2) is 35.1 Å². The maximum absolute atomic E-state index is 9.09. The van der Waals surface area contributed by atoms with Crippen LogP contribution in [0.15, 0.2) is 0 Å². The summed E-state index contributed by atoms with van der Waals surface area (Å²) in [6, 6.07) is 0. The molecule has 2 atom stereocenters. The molecule has 1 saturated heterocycles. The van der Waals surface area contributed by atoms with Gasteiger partial charge < -0.3 is 14.9 Å². The number of epoxide rings is 1. The summed E-state index contributed by atoms with van der Waals surface area (Å²) in [6.07, 6.45) is -0.132. The zero-order chi connectivity index (χ0) is 6.20.